The van der Waals surface area contributed by atoms with E-state index >= 15 is 0 Å². The van der Waals surface area contributed by atoms with Crippen LogP contribution in [-0.4, -0.2) is 35.1 Å². The first-order valence-electron chi connectivity index (χ1n) is 7.08. The Morgan fingerprint density at radius 1 is 1.42 bits per heavy atom. The molecule has 0 aromatic heterocycles. The fourth-order valence-electron chi connectivity index (χ4n) is 2.62. The molecule has 1 aromatic rings. The summed E-state index contributed by atoms with van der Waals surface area (Å²) in [6.07, 6.45) is 1.29. The second-order valence-electron chi connectivity index (χ2n) is 5.71. The standard InChI is InChI=1S/C16H23NO2/c1-12-8-9-17(11-15(12)18)16(19)13(2)10-14-6-4-3-5-7-14/h3-7,12-13,15,18H,8-11H2,1-2H3. The molecule has 0 bridgehead atoms. The first-order chi connectivity index (χ1) is 9.08. The third-order valence-electron chi connectivity index (χ3n) is 4.04. The van der Waals surface area contributed by atoms with Crippen molar-refractivity contribution in [2.45, 2.75) is 32.8 Å². The zero-order valence-corrected chi connectivity index (χ0v) is 11.7. The van der Waals surface area contributed by atoms with Crippen molar-refractivity contribution in [2.75, 3.05) is 13.1 Å². The summed E-state index contributed by atoms with van der Waals surface area (Å²) < 4.78 is 0. The van der Waals surface area contributed by atoms with Crippen molar-refractivity contribution in [1.29, 1.82) is 0 Å². The number of piperidine rings is 1. The first kappa shape index (κ1) is 14.1. The molecule has 1 aliphatic rings. The SMILES string of the molecule is CC(Cc1ccccc1)C(=O)N1CCC(C)C(O)C1. The van der Waals surface area contributed by atoms with E-state index in [1.165, 1.54) is 5.56 Å². The molecule has 3 atom stereocenters. The fourth-order valence-corrected chi connectivity index (χ4v) is 2.62. The summed E-state index contributed by atoms with van der Waals surface area (Å²) in [4.78, 5) is 14.2. The lowest BCUT2D eigenvalue weighted by molar-refractivity contribution is -0.139. The number of hydrogen-bond acceptors (Lipinski definition) is 2. The predicted octanol–water partition coefficient (Wildman–Crippen LogP) is 2.09. The van der Waals surface area contributed by atoms with E-state index in [1.54, 1.807) is 0 Å². The largest absolute Gasteiger partial charge is 0.391 e. The molecule has 0 radical (unpaired) electrons. The lowest BCUT2D eigenvalue weighted by Crippen LogP contribution is -2.47. The van der Waals surface area contributed by atoms with Crippen LogP contribution in [0.1, 0.15) is 25.8 Å². The van der Waals surface area contributed by atoms with Crippen molar-refractivity contribution < 1.29 is 9.90 Å². The molecule has 1 heterocycles. The van der Waals surface area contributed by atoms with Crippen LogP contribution in [0.15, 0.2) is 30.3 Å². The molecule has 1 saturated heterocycles. The summed E-state index contributed by atoms with van der Waals surface area (Å²) in [6, 6.07) is 10.1. The van der Waals surface area contributed by atoms with E-state index in [2.05, 4.69) is 12.1 Å². The molecule has 1 aromatic carbocycles. The van der Waals surface area contributed by atoms with Crippen LogP contribution in [0, 0.1) is 11.8 Å². The summed E-state index contributed by atoms with van der Waals surface area (Å²) >= 11 is 0. The van der Waals surface area contributed by atoms with Gasteiger partial charge in [0.15, 0.2) is 0 Å². The third-order valence-corrected chi connectivity index (χ3v) is 4.04. The molecule has 19 heavy (non-hydrogen) atoms. The molecule has 0 aliphatic carbocycles. The van der Waals surface area contributed by atoms with E-state index in [0.717, 1.165) is 19.4 Å². The highest BCUT2D eigenvalue weighted by Crippen LogP contribution is 2.20. The molecule has 1 N–H and O–H groups in total. The van der Waals surface area contributed by atoms with Crippen LogP contribution >= 0.6 is 0 Å². The molecule has 104 valence electrons. The van der Waals surface area contributed by atoms with Crippen molar-refractivity contribution >= 4 is 5.91 Å². The highest BCUT2D eigenvalue weighted by Gasteiger charge is 2.29. The van der Waals surface area contributed by atoms with Gasteiger partial charge in [-0.2, -0.15) is 0 Å². The molecule has 3 unspecified atom stereocenters. The van der Waals surface area contributed by atoms with E-state index in [0.29, 0.717) is 12.5 Å². The van der Waals surface area contributed by atoms with Crippen molar-refractivity contribution in [3.05, 3.63) is 35.9 Å². The van der Waals surface area contributed by atoms with Crippen LogP contribution in [0.3, 0.4) is 0 Å². The van der Waals surface area contributed by atoms with Gasteiger partial charge in [0.1, 0.15) is 0 Å². The molecule has 0 saturated carbocycles. The normalized spacial score (nSPS) is 25.1. The van der Waals surface area contributed by atoms with Gasteiger partial charge >= 0.3 is 0 Å². The van der Waals surface area contributed by atoms with Crippen LogP contribution in [0.4, 0.5) is 0 Å². The molecule has 3 heteroatoms. The van der Waals surface area contributed by atoms with Crippen molar-refractivity contribution in [2.24, 2.45) is 11.8 Å². The number of aliphatic hydroxyl groups is 1. The lowest BCUT2D eigenvalue weighted by atomic mass is 9.93. The summed E-state index contributed by atoms with van der Waals surface area (Å²) in [6.45, 7) is 5.27. The number of hydrogen-bond donors (Lipinski definition) is 1. The smallest absolute Gasteiger partial charge is 0.225 e. The molecule has 1 aliphatic heterocycles. The lowest BCUT2D eigenvalue weighted by Gasteiger charge is -2.35. The molecule has 2 rings (SSSR count). The van der Waals surface area contributed by atoms with Crippen LogP contribution in [0.2, 0.25) is 0 Å². The number of aliphatic hydroxyl groups excluding tert-OH is 1. The minimum Gasteiger partial charge on any atom is -0.391 e. The van der Waals surface area contributed by atoms with E-state index < -0.39 is 0 Å². The number of β-amino-alcohol motifs (C(OH)–C–C–N with tert-alkyl or cyclic N) is 1. The number of nitrogens with zero attached hydrogens (tertiary/aromatic N) is 1. The Hall–Kier alpha value is -1.35. The predicted molar refractivity (Wildman–Crippen MR) is 75.7 cm³/mol. The van der Waals surface area contributed by atoms with Gasteiger partial charge in [0.25, 0.3) is 0 Å². The highest BCUT2D eigenvalue weighted by molar-refractivity contribution is 5.79. The topological polar surface area (TPSA) is 40.5 Å². The Balaban J connectivity index is 1.92. The molecule has 3 nitrogen and oxygen atoms in total. The van der Waals surface area contributed by atoms with Gasteiger partial charge in [-0.05, 0) is 24.3 Å². The number of amides is 1. The minimum absolute atomic E-state index is 0.0250. The average molecular weight is 261 g/mol. The molecular formula is C16H23NO2. The monoisotopic (exact) mass is 261 g/mol. The van der Waals surface area contributed by atoms with Gasteiger partial charge in [0.05, 0.1) is 6.10 Å². The Morgan fingerprint density at radius 3 is 2.74 bits per heavy atom. The van der Waals surface area contributed by atoms with Crippen LogP contribution in [0.25, 0.3) is 0 Å². The van der Waals surface area contributed by atoms with Crippen molar-refractivity contribution in [1.82, 2.24) is 4.90 Å². The van der Waals surface area contributed by atoms with Crippen molar-refractivity contribution in [3.8, 4) is 0 Å². The fraction of sp³-hybridized carbons (Fsp3) is 0.562. The van der Waals surface area contributed by atoms with Gasteiger partial charge in [0, 0.05) is 19.0 Å². The van der Waals surface area contributed by atoms with Gasteiger partial charge in [0.2, 0.25) is 5.91 Å². The van der Waals surface area contributed by atoms with Gasteiger partial charge in [-0.3, -0.25) is 4.79 Å². The summed E-state index contributed by atoms with van der Waals surface area (Å²) in [7, 11) is 0. The molecular weight excluding hydrogens is 238 g/mol. The number of rotatable bonds is 3. The number of likely N-dealkylation sites (tertiary alicyclic amines) is 1. The molecule has 1 fully saturated rings. The maximum atomic E-state index is 12.4. The number of benzene rings is 1. The van der Waals surface area contributed by atoms with E-state index in [-0.39, 0.29) is 17.9 Å². The molecule has 1 amide bonds. The van der Waals surface area contributed by atoms with Gasteiger partial charge in [-0.1, -0.05) is 44.2 Å². The first-order valence-corrected chi connectivity index (χ1v) is 7.08. The number of carbonyl (C=O) groups excluding carboxylic acids is 1. The maximum Gasteiger partial charge on any atom is 0.225 e. The Labute approximate surface area is 115 Å². The van der Waals surface area contributed by atoms with E-state index in [9.17, 15) is 9.90 Å². The van der Waals surface area contributed by atoms with Crippen LogP contribution < -0.4 is 0 Å². The average Bonchev–Trinajstić information content (AvgIpc) is 2.42. The minimum atomic E-state index is -0.373. The van der Waals surface area contributed by atoms with Crippen LogP contribution in [0.5, 0.6) is 0 Å². The number of carbonyl (C=O) groups is 1. The van der Waals surface area contributed by atoms with Gasteiger partial charge < -0.3 is 10.0 Å². The zero-order chi connectivity index (χ0) is 13.8. The summed E-state index contributed by atoms with van der Waals surface area (Å²) in [5, 5.41) is 9.87. The Morgan fingerprint density at radius 2 is 2.11 bits per heavy atom. The summed E-state index contributed by atoms with van der Waals surface area (Å²) in [5.74, 6) is 0.436. The van der Waals surface area contributed by atoms with Crippen LogP contribution in [-0.2, 0) is 11.2 Å². The maximum absolute atomic E-state index is 12.4. The van der Waals surface area contributed by atoms with Gasteiger partial charge in [-0.15, -0.1) is 0 Å². The quantitative estimate of drug-likeness (QED) is 0.905. The Kier molecular flexibility index (Phi) is 4.59. The second-order valence-corrected chi connectivity index (χ2v) is 5.71. The highest BCUT2D eigenvalue weighted by atomic mass is 16.3. The van der Waals surface area contributed by atoms with E-state index in [4.69, 9.17) is 0 Å². The third kappa shape index (κ3) is 3.57. The van der Waals surface area contributed by atoms with Crippen molar-refractivity contribution in [3.63, 3.8) is 0 Å². The zero-order valence-electron chi connectivity index (χ0n) is 11.7. The van der Waals surface area contributed by atoms with Gasteiger partial charge in [-0.25, -0.2) is 0 Å². The summed E-state index contributed by atoms with van der Waals surface area (Å²) in [5.41, 5.74) is 1.19. The Bertz CT molecular complexity index is 418. The second kappa shape index (κ2) is 6.20. The molecule has 0 spiro atoms. The van der Waals surface area contributed by atoms with E-state index in [1.807, 2.05) is 36.9 Å².